The van der Waals surface area contributed by atoms with Crippen molar-refractivity contribution in [3.63, 3.8) is 0 Å². The average Bonchev–Trinajstić information content (AvgIpc) is 2.59. The van der Waals surface area contributed by atoms with E-state index in [-0.39, 0.29) is 0 Å². The molecule has 3 rings (SSSR count). The van der Waals surface area contributed by atoms with Crippen LogP contribution in [0.15, 0.2) is 42.7 Å². The molecular formula is C18H22N4. The standard InChI is InChI=1S/C18H22N4/c1-3-22(4-2)12-11-20-16-13-17-18(21-10-9-19-17)15-8-6-5-7-14(15)16/h5-10,13,20H,3-4,11-12H2,1-2H3. The van der Waals surface area contributed by atoms with Crippen LogP contribution in [-0.4, -0.2) is 41.0 Å². The number of hydrogen-bond donors (Lipinski definition) is 1. The predicted molar refractivity (Wildman–Crippen MR) is 93.3 cm³/mol. The van der Waals surface area contributed by atoms with Crippen molar-refractivity contribution in [3.05, 3.63) is 42.7 Å². The van der Waals surface area contributed by atoms with E-state index in [4.69, 9.17) is 0 Å². The predicted octanol–water partition coefficient (Wildman–Crippen LogP) is 3.54. The van der Waals surface area contributed by atoms with Gasteiger partial charge in [-0.2, -0.15) is 0 Å². The Kier molecular flexibility index (Phi) is 4.49. The first-order valence-corrected chi connectivity index (χ1v) is 7.92. The fourth-order valence-electron chi connectivity index (χ4n) is 2.84. The molecule has 0 spiro atoms. The average molecular weight is 294 g/mol. The van der Waals surface area contributed by atoms with Crippen LogP contribution in [0.25, 0.3) is 21.8 Å². The normalized spacial score (nSPS) is 11.4. The van der Waals surface area contributed by atoms with Gasteiger partial charge in [-0.1, -0.05) is 38.1 Å². The second kappa shape index (κ2) is 6.71. The summed E-state index contributed by atoms with van der Waals surface area (Å²) in [4.78, 5) is 11.4. The van der Waals surface area contributed by atoms with Crippen molar-refractivity contribution >= 4 is 27.5 Å². The molecule has 0 aliphatic carbocycles. The van der Waals surface area contributed by atoms with Gasteiger partial charge in [0.1, 0.15) is 0 Å². The Bertz CT molecular complexity index is 765. The monoisotopic (exact) mass is 294 g/mol. The van der Waals surface area contributed by atoms with Gasteiger partial charge >= 0.3 is 0 Å². The third kappa shape index (κ3) is 2.88. The van der Waals surface area contributed by atoms with Gasteiger partial charge < -0.3 is 10.2 Å². The molecule has 3 aromatic rings. The van der Waals surface area contributed by atoms with E-state index in [0.717, 1.165) is 48.3 Å². The molecule has 22 heavy (non-hydrogen) atoms. The number of anilines is 1. The topological polar surface area (TPSA) is 41.0 Å². The highest BCUT2D eigenvalue weighted by Gasteiger charge is 2.08. The molecule has 0 amide bonds. The van der Waals surface area contributed by atoms with Crippen molar-refractivity contribution in [1.29, 1.82) is 0 Å². The van der Waals surface area contributed by atoms with Gasteiger partial charge in [0.05, 0.1) is 11.0 Å². The van der Waals surface area contributed by atoms with E-state index >= 15 is 0 Å². The second-order valence-electron chi connectivity index (χ2n) is 5.35. The number of rotatable bonds is 6. The molecule has 0 radical (unpaired) electrons. The molecule has 0 fully saturated rings. The zero-order chi connectivity index (χ0) is 15.4. The summed E-state index contributed by atoms with van der Waals surface area (Å²) < 4.78 is 0. The highest BCUT2D eigenvalue weighted by molar-refractivity contribution is 6.09. The van der Waals surface area contributed by atoms with Crippen LogP contribution in [0.5, 0.6) is 0 Å². The molecule has 0 bridgehead atoms. The fourth-order valence-corrected chi connectivity index (χ4v) is 2.84. The summed E-state index contributed by atoms with van der Waals surface area (Å²) in [6, 6.07) is 10.5. The first-order chi connectivity index (χ1) is 10.8. The second-order valence-corrected chi connectivity index (χ2v) is 5.35. The van der Waals surface area contributed by atoms with Crippen LogP contribution >= 0.6 is 0 Å². The van der Waals surface area contributed by atoms with Crippen molar-refractivity contribution in [2.75, 3.05) is 31.5 Å². The van der Waals surface area contributed by atoms with Gasteiger partial charge in [0.15, 0.2) is 0 Å². The summed E-state index contributed by atoms with van der Waals surface area (Å²) in [7, 11) is 0. The summed E-state index contributed by atoms with van der Waals surface area (Å²) in [5.74, 6) is 0. The van der Waals surface area contributed by atoms with Crippen LogP contribution in [0.1, 0.15) is 13.8 Å². The van der Waals surface area contributed by atoms with Gasteiger partial charge in [-0.05, 0) is 19.2 Å². The fraction of sp³-hybridized carbons (Fsp3) is 0.333. The Hall–Kier alpha value is -2.20. The molecule has 4 nitrogen and oxygen atoms in total. The molecular weight excluding hydrogens is 272 g/mol. The largest absolute Gasteiger partial charge is 0.383 e. The number of likely N-dealkylation sites (N-methyl/N-ethyl adjacent to an activating group) is 1. The maximum absolute atomic E-state index is 4.49. The SMILES string of the molecule is CCN(CC)CCNc1cc2nccnc2c2ccccc12. The molecule has 0 atom stereocenters. The van der Waals surface area contributed by atoms with Crippen molar-refractivity contribution in [2.45, 2.75) is 13.8 Å². The van der Waals surface area contributed by atoms with E-state index in [1.807, 2.05) is 0 Å². The van der Waals surface area contributed by atoms with Crippen LogP contribution in [-0.2, 0) is 0 Å². The first kappa shape index (κ1) is 14.7. The lowest BCUT2D eigenvalue weighted by Gasteiger charge is -2.19. The van der Waals surface area contributed by atoms with E-state index in [0.29, 0.717) is 0 Å². The highest BCUT2D eigenvalue weighted by Crippen LogP contribution is 2.29. The van der Waals surface area contributed by atoms with E-state index in [2.05, 4.69) is 64.4 Å². The van der Waals surface area contributed by atoms with Crippen molar-refractivity contribution in [2.24, 2.45) is 0 Å². The van der Waals surface area contributed by atoms with E-state index in [1.165, 1.54) is 5.39 Å². The molecule has 0 aliphatic rings. The summed E-state index contributed by atoms with van der Waals surface area (Å²) in [6.45, 7) is 8.54. The van der Waals surface area contributed by atoms with Crippen LogP contribution in [0, 0.1) is 0 Å². The lowest BCUT2D eigenvalue weighted by molar-refractivity contribution is 0.316. The highest BCUT2D eigenvalue weighted by atomic mass is 15.1. The molecule has 2 aromatic carbocycles. The van der Waals surface area contributed by atoms with Gasteiger partial charge in [-0.25, -0.2) is 0 Å². The van der Waals surface area contributed by atoms with E-state index in [9.17, 15) is 0 Å². The van der Waals surface area contributed by atoms with Crippen molar-refractivity contribution < 1.29 is 0 Å². The van der Waals surface area contributed by atoms with Gasteiger partial charge in [-0.3, -0.25) is 9.97 Å². The molecule has 4 heteroatoms. The van der Waals surface area contributed by atoms with Crippen LogP contribution in [0.3, 0.4) is 0 Å². The lowest BCUT2D eigenvalue weighted by Crippen LogP contribution is -2.28. The molecule has 1 N–H and O–H groups in total. The molecule has 0 aliphatic heterocycles. The van der Waals surface area contributed by atoms with Gasteiger partial charge in [0, 0.05) is 41.9 Å². The molecule has 0 saturated carbocycles. The quantitative estimate of drug-likeness (QED) is 0.706. The lowest BCUT2D eigenvalue weighted by atomic mass is 10.1. The van der Waals surface area contributed by atoms with Crippen molar-refractivity contribution in [1.82, 2.24) is 14.9 Å². The van der Waals surface area contributed by atoms with E-state index < -0.39 is 0 Å². The maximum atomic E-state index is 4.49. The number of benzene rings is 2. The Labute approximate surface area is 131 Å². The summed E-state index contributed by atoms with van der Waals surface area (Å²) in [6.07, 6.45) is 3.50. The summed E-state index contributed by atoms with van der Waals surface area (Å²) in [5.41, 5.74) is 3.04. The Morgan fingerprint density at radius 1 is 1.00 bits per heavy atom. The molecule has 1 heterocycles. The number of aromatic nitrogens is 2. The minimum atomic E-state index is 0.928. The third-order valence-corrected chi connectivity index (χ3v) is 4.12. The number of nitrogens with zero attached hydrogens (tertiary/aromatic N) is 3. The molecule has 0 unspecified atom stereocenters. The summed E-state index contributed by atoms with van der Waals surface area (Å²) in [5, 5.41) is 5.92. The van der Waals surface area contributed by atoms with Crippen LogP contribution in [0.2, 0.25) is 0 Å². The van der Waals surface area contributed by atoms with Gasteiger partial charge in [0.25, 0.3) is 0 Å². The third-order valence-electron chi connectivity index (χ3n) is 4.12. The van der Waals surface area contributed by atoms with Crippen LogP contribution in [0.4, 0.5) is 5.69 Å². The van der Waals surface area contributed by atoms with Crippen LogP contribution < -0.4 is 5.32 Å². The molecule has 114 valence electrons. The Morgan fingerprint density at radius 3 is 2.50 bits per heavy atom. The van der Waals surface area contributed by atoms with Crippen molar-refractivity contribution in [3.8, 4) is 0 Å². The molecule has 0 saturated heterocycles. The van der Waals surface area contributed by atoms with E-state index in [1.54, 1.807) is 12.4 Å². The van der Waals surface area contributed by atoms with Gasteiger partial charge in [0.2, 0.25) is 0 Å². The smallest absolute Gasteiger partial charge is 0.0966 e. The number of nitrogens with one attached hydrogen (secondary N) is 1. The maximum Gasteiger partial charge on any atom is 0.0966 e. The number of hydrogen-bond acceptors (Lipinski definition) is 4. The zero-order valence-corrected chi connectivity index (χ0v) is 13.2. The number of fused-ring (bicyclic) bond motifs is 3. The van der Waals surface area contributed by atoms with Gasteiger partial charge in [-0.15, -0.1) is 0 Å². The minimum absolute atomic E-state index is 0.928. The summed E-state index contributed by atoms with van der Waals surface area (Å²) >= 11 is 0. The Morgan fingerprint density at radius 2 is 1.73 bits per heavy atom. The molecule has 1 aromatic heterocycles. The first-order valence-electron chi connectivity index (χ1n) is 7.92. The Balaban J connectivity index is 1.94. The zero-order valence-electron chi connectivity index (χ0n) is 13.2. The minimum Gasteiger partial charge on any atom is -0.383 e.